The molecule has 0 bridgehead atoms. The highest BCUT2D eigenvalue weighted by atomic mass is 35.5. The molecule has 0 aliphatic rings. The van der Waals surface area contributed by atoms with Crippen LogP contribution >= 0.6 is 11.6 Å². The van der Waals surface area contributed by atoms with Crippen molar-refractivity contribution in [3.05, 3.63) is 28.8 Å². The Balaban J connectivity index is 2.48. The van der Waals surface area contributed by atoms with Crippen LogP contribution in [0.1, 0.15) is 29.6 Å². The number of terminal acetylenes is 1. The molecule has 0 heterocycles. The molecule has 6 heteroatoms. The van der Waals surface area contributed by atoms with Gasteiger partial charge < -0.3 is 15.7 Å². The summed E-state index contributed by atoms with van der Waals surface area (Å²) in [5.74, 6) is 1.38. The van der Waals surface area contributed by atoms with Crippen LogP contribution in [0, 0.1) is 12.3 Å². The summed E-state index contributed by atoms with van der Waals surface area (Å²) in [5, 5.41) is 14.2. The molecule has 5 nitrogen and oxygen atoms in total. The zero-order valence-corrected chi connectivity index (χ0v) is 11.5. The number of benzene rings is 1. The molecule has 0 fully saturated rings. The number of unbranched alkanes of at least 4 members (excludes halogenated alkanes) is 2. The van der Waals surface area contributed by atoms with Crippen LogP contribution in [0.4, 0.5) is 10.5 Å². The lowest BCUT2D eigenvalue weighted by atomic mass is 10.2. The van der Waals surface area contributed by atoms with Gasteiger partial charge in [0.15, 0.2) is 0 Å². The minimum atomic E-state index is -1.15. The molecule has 1 aromatic rings. The van der Waals surface area contributed by atoms with Gasteiger partial charge in [-0.2, -0.15) is 0 Å². The second-order valence-corrected chi connectivity index (χ2v) is 4.45. The van der Waals surface area contributed by atoms with Crippen LogP contribution in [0.5, 0.6) is 0 Å². The quantitative estimate of drug-likeness (QED) is 0.557. The second-order valence-electron chi connectivity index (χ2n) is 4.04. The average molecular weight is 295 g/mol. The van der Waals surface area contributed by atoms with Crippen LogP contribution < -0.4 is 10.6 Å². The van der Waals surface area contributed by atoms with Crippen molar-refractivity contribution in [1.29, 1.82) is 0 Å². The van der Waals surface area contributed by atoms with E-state index >= 15 is 0 Å². The first-order chi connectivity index (χ1) is 9.54. The van der Waals surface area contributed by atoms with Crippen LogP contribution in [0.15, 0.2) is 18.2 Å². The SMILES string of the molecule is C#CCCCCNC(=O)Nc1ccc(Cl)c(C(=O)O)c1. The first-order valence-electron chi connectivity index (χ1n) is 6.05. The number of carboxylic acid groups (broad SMARTS) is 1. The summed E-state index contributed by atoms with van der Waals surface area (Å²) in [6.07, 6.45) is 7.44. The maximum atomic E-state index is 11.6. The number of rotatable bonds is 6. The van der Waals surface area contributed by atoms with E-state index in [4.69, 9.17) is 23.1 Å². The van der Waals surface area contributed by atoms with Gasteiger partial charge in [0.05, 0.1) is 10.6 Å². The molecule has 1 rings (SSSR count). The van der Waals surface area contributed by atoms with Crippen molar-refractivity contribution in [1.82, 2.24) is 5.32 Å². The summed E-state index contributed by atoms with van der Waals surface area (Å²) in [7, 11) is 0. The summed E-state index contributed by atoms with van der Waals surface area (Å²) >= 11 is 5.73. The van der Waals surface area contributed by atoms with Crippen LogP contribution in [0.2, 0.25) is 5.02 Å². The largest absolute Gasteiger partial charge is 0.478 e. The fourth-order valence-electron chi connectivity index (χ4n) is 1.50. The highest BCUT2D eigenvalue weighted by Gasteiger charge is 2.10. The standard InChI is InChI=1S/C14H15ClN2O3/c1-2-3-4-5-8-16-14(20)17-10-6-7-12(15)11(9-10)13(18)19/h1,6-7,9H,3-5,8H2,(H,18,19)(H2,16,17,20). The Kier molecular flexibility index (Phi) is 6.41. The Bertz CT molecular complexity index is 538. The van der Waals surface area contributed by atoms with Crippen molar-refractivity contribution in [2.45, 2.75) is 19.3 Å². The van der Waals surface area contributed by atoms with E-state index in [9.17, 15) is 9.59 Å². The number of carboxylic acids is 1. The molecule has 1 aromatic carbocycles. The zero-order valence-electron chi connectivity index (χ0n) is 10.8. The lowest BCUT2D eigenvalue weighted by molar-refractivity contribution is 0.0697. The summed E-state index contributed by atoms with van der Waals surface area (Å²) in [4.78, 5) is 22.5. The predicted molar refractivity (Wildman–Crippen MR) is 78.1 cm³/mol. The molecule has 0 saturated heterocycles. The summed E-state index contributed by atoms with van der Waals surface area (Å²) < 4.78 is 0. The Morgan fingerprint density at radius 1 is 1.35 bits per heavy atom. The van der Waals surface area contributed by atoms with Gasteiger partial charge in [-0.3, -0.25) is 0 Å². The van der Waals surface area contributed by atoms with Crippen LogP contribution in [-0.2, 0) is 0 Å². The minimum Gasteiger partial charge on any atom is -0.478 e. The smallest absolute Gasteiger partial charge is 0.337 e. The monoisotopic (exact) mass is 294 g/mol. The minimum absolute atomic E-state index is 0.0570. The molecule has 20 heavy (non-hydrogen) atoms. The van der Waals surface area contributed by atoms with E-state index in [0.29, 0.717) is 18.7 Å². The van der Waals surface area contributed by atoms with Crippen molar-refractivity contribution >= 4 is 29.3 Å². The molecule has 0 aliphatic heterocycles. The molecular weight excluding hydrogens is 280 g/mol. The molecule has 0 saturated carbocycles. The van der Waals surface area contributed by atoms with Gasteiger partial charge in [0.2, 0.25) is 0 Å². The summed E-state index contributed by atoms with van der Waals surface area (Å²) in [6.45, 7) is 0.507. The Labute approximate surface area is 122 Å². The fourth-order valence-corrected chi connectivity index (χ4v) is 1.69. The summed E-state index contributed by atoms with van der Waals surface area (Å²) in [6, 6.07) is 3.87. The van der Waals surface area contributed by atoms with Gasteiger partial charge in [-0.05, 0) is 31.0 Å². The number of urea groups is 1. The molecule has 0 radical (unpaired) electrons. The predicted octanol–water partition coefficient (Wildman–Crippen LogP) is 2.96. The van der Waals surface area contributed by atoms with Gasteiger partial charge in [-0.1, -0.05) is 11.6 Å². The van der Waals surface area contributed by atoms with Crippen molar-refractivity contribution in [3.63, 3.8) is 0 Å². The highest BCUT2D eigenvalue weighted by Crippen LogP contribution is 2.20. The molecular formula is C14H15ClN2O3. The number of carbonyl (C=O) groups is 2. The number of hydrogen-bond acceptors (Lipinski definition) is 2. The molecule has 3 N–H and O–H groups in total. The van der Waals surface area contributed by atoms with E-state index in [2.05, 4.69) is 16.6 Å². The van der Waals surface area contributed by atoms with E-state index in [1.807, 2.05) is 0 Å². The van der Waals surface area contributed by atoms with Gasteiger partial charge in [-0.25, -0.2) is 9.59 Å². The number of aromatic carboxylic acids is 1. The number of nitrogens with one attached hydrogen (secondary N) is 2. The molecule has 0 atom stereocenters. The normalized spacial score (nSPS) is 9.60. The van der Waals surface area contributed by atoms with Gasteiger partial charge in [0.25, 0.3) is 0 Å². The first-order valence-corrected chi connectivity index (χ1v) is 6.43. The van der Waals surface area contributed by atoms with Crippen molar-refractivity contribution < 1.29 is 14.7 Å². The number of anilines is 1. The lowest BCUT2D eigenvalue weighted by Gasteiger charge is -2.08. The van der Waals surface area contributed by atoms with E-state index in [1.54, 1.807) is 0 Å². The summed E-state index contributed by atoms with van der Waals surface area (Å²) in [5.41, 5.74) is 0.311. The van der Waals surface area contributed by atoms with Crippen molar-refractivity contribution in [2.24, 2.45) is 0 Å². The molecule has 0 spiro atoms. The van der Waals surface area contributed by atoms with E-state index in [-0.39, 0.29) is 10.6 Å². The van der Waals surface area contributed by atoms with Crippen LogP contribution in [0.25, 0.3) is 0 Å². The average Bonchev–Trinajstić information content (AvgIpc) is 2.40. The number of carbonyl (C=O) groups excluding carboxylic acids is 1. The van der Waals surface area contributed by atoms with E-state index in [1.165, 1.54) is 18.2 Å². The molecule has 2 amide bonds. The molecule has 106 valence electrons. The Hall–Kier alpha value is -2.19. The van der Waals surface area contributed by atoms with Crippen LogP contribution in [-0.4, -0.2) is 23.7 Å². The van der Waals surface area contributed by atoms with E-state index < -0.39 is 12.0 Å². The number of amides is 2. The molecule has 0 unspecified atom stereocenters. The highest BCUT2D eigenvalue weighted by molar-refractivity contribution is 6.33. The second kappa shape index (κ2) is 8.08. The Morgan fingerprint density at radius 3 is 2.75 bits per heavy atom. The van der Waals surface area contributed by atoms with Gasteiger partial charge in [-0.15, -0.1) is 12.3 Å². The first kappa shape index (κ1) is 15.9. The zero-order chi connectivity index (χ0) is 15.0. The van der Waals surface area contributed by atoms with Crippen molar-refractivity contribution in [3.8, 4) is 12.3 Å². The van der Waals surface area contributed by atoms with Gasteiger partial charge >= 0.3 is 12.0 Å². The van der Waals surface area contributed by atoms with E-state index in [0.717, 1.165) is 12.8 Å². The maximum Gasteiger partial charge on any atom is 0.337 e. The van der Waals surface area contributed by atoms with Gasteiger partial charge in [0, 0.05) is 18.7 Å². The number of halogens is 1. The number of hydrogen-bond donors (Lipinski definition) is 3. The topological polar surface area (TPSA) is 78.4 Å². The molecule has 0 aliphatic carbocycles. The van der Waals surface area contributed by atoms with Crippen molar-refractivity contribution in [2.75, 3.05) is 11.9 Å². The third-order valence-electron chi connectivity index (χ3n) is 2.49. The maximum absolute atomic E-state index is 11.6. The fraction of sp³-hybridized carbons (Fsp3) is 0.286. The Morgan fingerprint density at radius 2 is 2.10 bits per heavy atom. The molecule has 0 aromatic heterocycles. The van der Waals surface area contributed by atoms with Gasteiger partial charge in [0.1, 0.15) is 0 Å². The third kappa shape index (κ3) is 5.21. The van der Waals surface area contributed by atoms with Crippen LogP contribution in [0.3, 0.4) is 0 Å². The lowest BCUT2D eigenvalue weighted by Crippen LogP contribution is -2.29. The third-order valence-corrected chi connectivity index (χ3v) is 2.82.